The average Bonchev–Trinajstić information content (AvgIpc) is 3.11. The van der Waals surface area contributed by atoms with Crippen LogP contribution in [0.25, 0.3) is 0 Å². The molecule has 0 aliphatic carbocycles. The first-order chi connectivity index (χ1) is 12.8. The second kappa shape index (κ2) is 9.52. The van der Waals surface area contributed by atoms with E-state index in [0.29, 0.717) is 5.82 Å². The maximum atomic E-state index is 13.9. The smallest absolute Gasteiger partial charge is 0.191 e. The van der Waals surface area contributed by atoms with Crippen molar-refractivity contribution in [2.24, 2.45) is 4.99 Å². The fourth-order valence-electron chi connectivity index (χ4n) is 3.30. The topological polar surface area (TPSA) is 61.8 Å². The summed E-state index contributed by atoms with van der Waals surface area (Å²) in [5.74, 6) is 0.997. The van der Waals surface area contributed by atoms with Gasteiger partial charge < -0.3 is 20.3 Å². The molecule has 2 aliphatic rings. The largest absolute Gasteiger partial charge is 0.377 e. The Balaban J connectivity index is 1.52. The normalized spacial score (nSPS) is 20.8. The quantitative estimate of drug-likeness (QED) is 0.462. The van der Waals surface area contributed by atoms with Gasteiger partial charge in [-0.2, -0.15) is 0 Å². The molecular formula is C19H28FN5O. The summed E-state index contributed by atoms with van der Waals surface area (Å²) in [5.41, 5.74) is 1.42. The number of rotatable bonds is 6. The van der Waals surface area contributed by atoms with Gasteiger partial charge in [-0.05, 0) is 38.3 Å². The van der Waals surface area contributed by atoms with Crippen molar-refractivity contribution in [3.63, 3.8) is 0 Å². The van der Waals surface area contributed by atoms with Crippen LogP contribution in [0.15, 0.2) is 35.0 Å². The third kappa shape index (κ3) is 5.17. The zero-order chi connectivity index (χ0) is 18.2. The first-order valence-electron chi connectivity index (χ1n) is 9.42. The second-order valence-electron chi connectivity index (χ2n) is 6.58. The summed E-state index contributed by atoms with van der Waals surface area (Å²) in [4.78, 5) is 10.9. The van der Waals surface area contributed by atoms with E-state index in [1.165, 1.54) is 11.6 Å². The molecule has 3 heterocycles. The molecule has 2 aliphatic heterocycles. The predicted octanol–water partition coefficient (Wildman–Crippen LogP) is 2.09. The van der Waals surface area contributed by atoms with E-state index in [1.54, 1.807) is 12.3 Å². The van der Waals surface area contributed by atoms with E-state index in [0.717, 1.165) is 64.6 Å². The van der Waals surface area contributed by atoms with Crippen LogP contribution in [0.1, 0.15) is 26.2 Å². The van der Waals surface area contributed by atoms with Gasteiger partial charge in [0.05, 0.1) is 13.2 Å². The number of ether oxygens (including phenoxy) is 1. The Labute approximate surface area is 154 Å². The molecule has 1 fully saturated rings. The third-order valence-corrected chi connectivity index (χ3v) is 4.67. The van der Waals surface area contributed by atoms with E-state index in [1.807, 2.05) is 4.90 Å². The molecule has 7 heteroatoms. The van der Waals surface area contributed by atoms with Crippen molar-refractivity contribution in [3.05, 3.63) is 35.8 Å². The molecule has 26 heavy (non-hydrogen) atoms. The molecule has 3 rings (SSSR count). The summed E-state index contributed by atoms with van der Waals surface area (Å²) in [7, 11) is 0. The molecule has 1 saturated heterocycles. The summed E-state index contributed by atoms with van der Waals surface area (Å²) < 4.78 is 19.3. The van der Waals surface area contributed by atoms with E-state index in [-0.39, 0.29) is 11.9 Å². The van der Waals surface area contributed by atoms with Gasteiger partial charge in [-0.15, -0.1) is 0 Å². The first-order valence-corrected chi connectivity index (χ1v) is 9.42. The van der Waals surface area contributed by atoms with Crippen LogP contribution in [-0.4, -0.2) is 56.4 Å². The molecule has 2 N–H and O–H groups in total. The molecule has 142 valence electrons. The number of hydrogen-bond donors (Lipinski definition) is 2. The van der Waals surface area contributed by atoms with Gasteiger partial charge in [0.1, 0.15) is 0 Å². The van der Waals surface area contributed by atoms with E-state index < -0.39 is 0 Å². The SMILES string of the molecule is CCNC(=NCCC1=CCOCC1)NC1CCN(c2ncccc2F)C1. The van der Waals surface area contributed by atoms with E-state index in [2.05, 4.69) is 28.6 Å². The summed E-state index contributed by atoms with van der Waals surface area (Å²) in [5, 5.41) is 6.78. The molecule has 1 unspecified atom stereocenters. The lowest BCUT2D eigenvalue weighted by Crippen LogP contribution is -2.44. The Kier molecular flexibility index (Phi) is 6.82. The van der Waals surface area contributed by atoms with Gasteiger partial charge in [0.25, 0.3) is 0 Å². The number of aliphatic imine (C=N–C) groups is 1. The summed E-state index contributed by atoms with van der Waals surface area (Å²) in [6.45, 7) is 6.68. The Bertz CT molecular complexity index is 649. The molecule has 0 aromatic carbocycles. The first kappa shape index (κ1) is 18.6. The van der Waals surface area contributed by atoms with Crippen LogP contribution in [0.2, 0.25) is 0 Å². The highest BCUT2D eigenvalue weighted by atomic mass is 19.1. The summed E-state index contributed by atoms with van der Waals surface area (Å²) >= 11 is 0. The zero-order valence-electron chi connectivity index (χ0n) is 15.4. The Hall–Kier alpha value is -2.15. The molecule has 0 spiro atoms. The Morgan fingerprint density at radius 2 is 2.42 bits per heavy atom. The van der Waals surface area contributed by atoms with Gasteiger partial charge >= 0.3 is 0 Å². The number of pyridine rings is 1. The molecular weight excluding hydrogens is 333 g/mol. The summed E-state index contributed by atoms with van der Waals surface area (Å²) in [6.07, 6.45) is 6.71. The highest BCUT2D eigenvalue weighted by Gasteiger charge is 2.25. The van der Waals surface area contributed by atoms with Crippen LogP contribution in [0.3, 0.4) is 0 Å². The number of anilines is 1. The molecule has 1 atom stereocenters. The highest BCUT2D eigenvalue weighted by molar-refractivity contribution is 5.80. The number of nitrogens with zero attached hydrogens (tertiary/aromatic N) is 3. The number of aromatic nitrogens is 1. The van der Waals surface area contributed by atoms with E-state index in [9.17, 15) is 4.39 Å². The molecule has 0 saturated carbocycles. The number of guanidine groups is 1. The molecule has 1 aromatic rings. The van der Waals surface area contributed by atoms with Gasteiger partial charge in [-0.3, -0.25) is 4.99 Å². The van der Waals surface area contributed by atoms with Crippen LogP contribution in [0.4, 0.5) is 10.2 Å². The van der Waals surface area contributed by atoms with E-state index >= 15 is 0 Å². The maximum absolute atomic E-state index is 13.9. The Morgan fingerprint density at radius 1 is 1.50 bits per heavy atom. The average molecular weight is 361 g/mol. The molecule has 1 aromatic heterocycles. The van der Waals surface area contributed by atoms with E-state index in [4.69, 9.17) is 9.73 Å². The lowest BCUT2D eigenvalue weighted by Gasteiger charge is -2.20. The number of nitrogens with one attached hydrogen (secondary N) is 2. The molecule has 0 bridgehead atoms. The minimum Gasteiger partial charge on any atom is -0.377 e. The van der Waals surface area contributed by atoms with Crippen LogP contribution in [-0.2, 0) is 4.74 Å². The fourth-order valence-corrected chi connectivity index (χ4v) is 3.30. The molecule has 0 radical (unpaired) electrons. The minimum absolute atomic E-state index is 0.233. The Morgan fingerprint density at radius 3 is 3.19 bits per heavy atom. The zero-order valence-corrected chi connectivity index (χ0v) is 15.4. The standard InChI is InChI=1S/C19H28FN5O/c1-2-21-19(23-10-5-15-7-12-26-13-8-15)24-16-6-11-25(14-16)18-17(20)4-3-9-22-18/h3-4,7,9,16H,2,5-6,8,10-14H2,1H3,(H2,21,23,24). The van der Waals surface area contributed by atoms with Crippen molar-refractivity contribution >= 4 is 11.8 Å². The predicted molar refractivity (Wildman–Crippen MR) is 102 cm³/mol. The van der Waals surface area contributed by atoms with Gasteiger partial charge in [0, 0.05) is 38.4 Å². The lowest BCUT2D eigenvalue weighted by molar-refractivity contribution is 0.153. The maximum Gasteiger partial charge on any atom is 0.191 e. The van der Waals surface area contributed by atoms with Gasteiger partial charge in [-0.25, -0.2) is 9.37 Å². The van der Waals surface area contributed by atoms with Crippen molar-refractivity contribution < 1.29 is 9.13 Å². The van der Waals surface area contributed by atoms with Gasteiger partial charge in [-0.1, -0.05) is 11.6 Å². The number of halogens is 1. The number of hydrogen-bond acceptors (Lipinski definition) is 4. The van der Waals surface area contributed by atoms with Gasteiger partial charge in [0.2, 0.25) is 0 Å². The minimum atomic E-state index is -0.265. The third-order valence-electron chi connectivity index (χ3n) is 4.67. The van der Waals surface area contributed by atoms with Crippen molar-refractivity contribution in [2.45, 2.75) is 32.2 Å². The van der Waals surface area contributed by atoms with Crippen molar-refractivity contribution in [2.75, 3.05) is 44.3 Å². The van der Waals surface area contributed by atoms with Crippen molar-refractivity contribution in [1.29, 1.82) is 0 Å². The molecule has 0 amide bonds. The van der Waals surface area contributed by atoms with Crippen LogP contribution >= 0.6 is 0 Å². The van der Waals surface area contributed by atoms with Gasteiger partial charge in [0.15, 0.2) is 17.6 Å². The van der Waals surface area contributed by atoms with Crippen LogP contribution in [0, 0.1) is 5.82 Å². The summed E-state index contributed by atoms with van der Waals surface area (Å²) in [6, 6.07) is 3.31. The monoisotopic (exact) mass is 361 g/mol. The fraction of sp³-hybridized carbons (Fsp3) is 0.579. The second-order valence-corrected chi connectivity index (χ2v) is 6.58. The van der Waals surface area contributed by atoms with Crippen molar-refractivity contribution in [1.82, 2.24) is 15.6 Å². The lowest BCUT2D eigenvalue weighted by atomic mass is 10.1. The highest BCUT2D eigenvalue weighted by Crippen LogP contribution is 2.20. The van der Waals surface area contributed by atoms with Crippen LogP contribution < -0.4 is 15.5 Å². The van der Waals surface area contributed by atoms with Crippen molar-refractivity contribution in [3.8, 4) is 0 Å². The molecule has 6 nitrogen and oxygen atoms in total. The van der Waals surface area contributed by atoms with Crippen LogP contribution in [0.5, 0.6) is 0 Å².